The maximum absolute atomic E-state index is 11.8. The standard InChI is InChI=1S/C12H18O4/c1-5-7-8-12(9(3)4,10(13)14)11(15)16-6-2/h9H,6,8H2,1-4H3,(H,13,14). The fourth-order valence-electron chi connectivity index (χ4n) is 1.41. The molecule has 0 saturated carbocycles. The largest absolute Gasteiger partial charge is 0.480 e. The number of carbonyl (C=O) groups excluding carboxylic acids is 1. The van der Waals surface area contributed by atoms with Crippen molar-refractivity contribution < 1.29 is 19.4 Å². The maximum atomic E-state index is 11.8. The average molecular weight is 226 g/mol. The average Bonchev–Trinajstić information content (AvgIpc) is 2.18. The second-order valence-electron chi connectivity index (χ2n) is 3.76. The quantitative estimate of drug-likeness (QED) is 0.440. The molecular weight excluding hydrogens is 208 g/mol. The van der Waals surface area contributed by atoms with E-state index in [1.165, 1.54) is 0 Å². The Morgan fingerprint density at radius 3 is 2.31 bits per heavy atom. The summed E-state index contributed by atoms with van der Waals surface area (Å²) in [6, 6.07) is 0. The molecule has 0 aromatic heterocycles. The predicted molar refractivity (Wildman–Crippen MR) is 59.6 cm³/mol. The molecule has 0 aliphatic heterocycles. The van der Waals surface area contributed by atoms with Gasteiger partial charge in [-0.3, -0.25) is 9.59 Å². The first-order valence-electron chi connectivity index (χ1n) is 5.23. The van der Waals surface area contributed by atoms with Crippen molar-refractivity contribution in [2.45, 2.75) is 34.1 Å². The van der Waals surface area contributed by atoms with Gasteiger partial charge in [-0.05, 0) is 19.8 Å². The van der Waals surface area contributed by atoms with E-state index in [9.17, 15) is 14.7 Å². The Balaban J connectivity index is 5.30. The smallest absolute Gasteiger partial charge is 0.324 e. The van der Waals surface area contributed by atoms with Crippen molar-refractivity contribution in [1.29, 1.82) is 0 Å². The third-order valence-electron chi connectivity index (χ3n) is 2.55. The van der Waals surface area contributed by atoms with E-state index in [2.05, 4.69) is 11.8 Å². The lowest BCUT2D eigenvalue weighted by atomic mass is 9.74. The molecule has 0 heterocycles. The number of rotatable bonds is 5. The van der Waals surface area contributed by atoms with E-state index in [0.717, 1.165) is 0 Å². The van der Waals surface area contributed by atoms with Crippen LogP contribution in [0.3, 0.4) is 0 Å². The van der Waals surface area contributed by atoms with Gasteiger partial charge in [-0.15, -0.1) is 11.8 Å². The van der Waals surface area contributed by atoms with Gasteiger partial charge in [0.2, 0.25) is 0 Å². The third kappa shape index (κ3) is 2.75. The minimum Gasteiger partial charge on any atom is -0.480 e. The summed E-state index contributed by atoms with van der Waals surface area (Å²) >= 11 is 0. The summed E-state index contributed by atoms with van der Waals surface area (Å²) in [6.45, 7) is 6.79. The minimum atomic E-state index is -1.56. The molecule has 0 aromatic rings. The first-order valence-corrected chi connectivity index (χ1v) is 5.23. The highest BCUT2D eigenvalue weighted by atomic mass is 16.5. The van der Waals surface area contributed by atoms with Gasteiger partial charge in [0, 0.05) is 6.42 Å². The molecule has 1 N–H and O–H groups in total. The van der Waals surface area contributed by atoms with Gasteiger partial charge < -0.3 is 9.84 Å². The number of aliphatic carboxylic acids is 1. The van der Waals surface area contributed by atoms with Crippen molar-refractivity contribution in [3.63, 3.8) is 0 Å². The van der Waals surface area contributed by atoms with E-state index < -0.39 is 17.4 Å². The van der Waals surface area contributed by atoms with Crippen LogP contribution in [-0.2, 0) is 14.3 Å². The summed E-state index contributed by atoms with van der Waals surface area (Å²) < 4.78 is 4.84. The van der Waals surface area contributed by atoms with Crippen molar-refractivity contribution in [1.82, 2.24) is 0 Å². The topological polar surface area (TPSA) is 63.6 Å². The number of ether oxygens (including phenoxy) is 1. The summed E-state index contributed by atoms with van der Waals surface area (Å²) in [7, 11) is 0. The molecular formula is C12H18O4. The van der Waals surface area contributed by atoms with Gasteiger partial charge in [-0.25, -0.2) is 0 Å². The van der Waals surface area contributed by atoms with E-state index >= 15 is 0 Å². The van der Waals surface area contributed by atoms with E-state index in [0.29, 0.717) is 0 Å². The predicted octanol–water partition coefficient (Wildman–Crippen LogP) is 1.69. The van der Waals surface area contributed by atoms with Crippen molar-refractivity contribution in [2.24, 2.45) is 11.3 Å². The maximum Gasteiger partial charge on any atom is 0.324 e. The lowest BCUT2D eigenvalue weighted by Crippen LogP contribution is -2.44. The van der Waals surface area contributed by atoms with Crippen LogP contribution in [0.5, 0.6) is 0 Å². The zero-order chi connectivity index (χ0) is 12.8. The molecule has 0 aromatic carbocycles. The molecule has 0 radical (unpaired) electrons. The zero-order valence-electron chi connectivity index (χ0n) is 10.2. The Kier molecular flexibility index (Phi) is 5.59. The summed E-state index contributed by atoms with van der Waals surface area (Å²) in [4.78, 5) is 23.1. The lowest BCUT2D eigenvalue weighted by Gasteiger charge is -2.28. The number of carboxylic acids is 1. The van der Waals surface area contributed by atoms with Crippen LogP contribution >= 0.6 is 0 Å². The first kappa shape index (κ1) is 14.5. The van der Waals surface area contributed by atoms with Crippen LogP contribution < -0.4 is 0 Å². The number of carboxylic acid groups (broad SMARTS) is 1. The van der Waals surface area contributed by atoms with Crippen LogP contribution in [0.4, 0.5) is 0 Å². The van der Waals surface area contributed by atoms with Gasteiger partial charge in [0.25, 0.3) is 0 Å². The fraction of sp³-hybridized carbons (Fsp3) is 0.667. The third-order valence-corrected chi connectivity index (χ3v) is 2.55. The van der Waals surface area contributed by atoms with Crippen molar-refractivity contribution in [2.75, 3.05) is 6.61 Å². The van der Waals surface area contributed by atoms with Crippen molar-refractivity contribution in [3.8, 4) is 11.8 Å². The molecule has 0 aliphatic rings. The minimum absolute atomic E-state index is 0.0185. The normalized spacial score (nSPS) is 13.6. The van der Waals surface area contributed by atoms with Crippen LogP contribution in [0.2, 0.25) is 0 Å². The molecule has 1 unspecified atom stereocenters. The summed E-state index contributed by atoms with van der Waals surface area (Å²) in [5.74, 6) is 3.01. The summed E-state index contributed by atoms with van der Waals surface area (Å²) in [5, 5.41) is 9.25. The first-order chi connectivity index (χ1) is 7.43. The van der Waals surface area contributed by atoms with E-state index in [-0.39, 0.29) is 18.9 Å². The van der Waals surface area contributed by atoms with Gasteiger partial charge in [-0.1, -0.05) is 13.8 Å². The van der Waals surface area contributed by atoms with E-state index in [1.807, 2.05) is 0 Å². The Morgan fingerprint density at radius 1 is 1.44 bits per heavy atom. The molecule has 0 aliphatic carbocycles. The summed E-state index contributed by atoms with van der Waals surface area (Å²) in [6.07, 6.45) is -0.0185. The van der Waals surface area contributed by atoms with Crippen LogP contribution in [-0.4, -0.2) is 23.7 Å². The highest BCUT2D eigenvalue weighted by molar-refractivity contribution is 5.99. The van der Waals surface area contributed by atoms with Crippen LogP contribution in [0.25, 0.3) is 0 Å². The second kappa shape index (κ2) is 6.16. The Labute approximate surface area is 96.0 Å². The molecule has 0 amide bonds. The summed E-state index contributed by atoms with van der Waals surface area (Å²) in [5.41, 5.74) is -1.56. The number of hydrogen-bond acceptors (Lipinski definition) is 3. The van der Waals surface area contributed by atoms with Crippen molar-refractivity contribution in [3.05, 3.63) is 0 Å². The highest BCUT2D eigenvalue weighted by Gasteiger charge is 2.49. The molecule has 90 valence electrons. The number of esters is 1. The van der Waals surface area contributed by atoms with Gasteiger partial charge in [0.05, 0.1) is 6.61 Å². The van der Waals surface area contributed by atoms with Gasteiger partial charge in [0.15, 0.2) is 5.41 Å². The molecule has 1 atom stereocenters. The molecule has 0 spiro atoms. The van der Waals surface area contributed by atoms with E-state index in [1.54, 1.807) is 27.7 Å². The fourth-order valence-corrected chi connectivity index (χ4v) is 1.41. The lowest BCUT2D eigenvalue weighted by molar-refractivity contribution is -0.171. The molecule has 4 nitrogen and oxygen atoms in total. The second-order valence-corrected chi connectivity index (χ2v) is 3.76. The SMILES string of the molecule is CC#CCC(C(=O)O)(C(=O)OCC)C(C)C. The Hall–Kier alpha value is -1.50. The molecule has 0 bridgehead atoms. The zero-order valence-corrected chi connectivity index (χ0v) is 10.2. The molecule has 0 fully saturated rings. The van der Waals surface area contributed by atoms with Crippen molar-refractivity contribution >= 4 is 11.9 Å². The van der Waals surface area contributed by atoms with Crippen LogP contribution in [0.15, 0.2) is 0 Å². The van der Waals surface area contributed by atoms with Gasteiger partial charge in [-0.2, -0.15) is 0 Å². The van der Waals surface area contributed by atoms with Gasteiger partial charge in [0.1, 0.15) is 0 Å². The number of hydrogen-bond donors (Lipinski definition) is 1. The molecule has 0 rings (SSSR count). The Bertz CT molecular complexity index is 322. The molecule has 0 saturated heterocycles. The monoisotopic (exact) mass is 226 g/mol. The van der Waals surface area contributed by atoms with Crippen LogP contribution in [0, 0.1) is 23.2 Å². The Morgan fingerprint density at radius 2 is 2.00 bits per heavy atom. The van der Waals surface area contributed by atoms with Gasteiger partial charge >= 0.3 is 11.9 Å². The highest BCUT2D eigenvalue weighted by Crippen LogP contribution is 2.33. The molecule has 16 heavy (non-hydrogen) atoms. The molecule has 4 heteroatoms. The van der Waals surface area contributed by atoms with E-state index in [4.69, 9.17) is 4.74 Å². The number of carbonyl (C=O) groups is 2. The van der Waals surface area contributed by atoms with Crippen LogP contribution in [0.1, 0.15) is 34.1 Å².